The smallest absolute Gasteiger partial charge is 0.332 e. The van der Waals surface area contributed by atoms with E-state index in [1.807, 2.05) is 66.7 Å². The molecular formula is C34H39BrN6O4. The summed E-state index contributed by atoms with van der Waals surface area (Å²) in [5.41, 5.74) is 1.33. The van der Waals surface area contributed by atoms with Crippen molar-refractivity contribution in [2.24, 2.45) is 5.92 Å². The van der Waals surface area contributed by atoms with Gasteiger partial charge in [0.15, 0.2) is 4.60 Å². The molecule has 10 nitrogen and oxygen atoms in total. The first-order valence-electron chi connectivity index (χ1n) is 15.9. The van der Waals surface area contributed by atoms with Gasteiger partial charge in [-0.15, -0.1) is 5.10 Å². The lowest BCUT2D eigenvalue weighted by Gasteiger charge is -2.30. The molecule has 11 heteroatoms. The molecule has 5 atom stereocenters. The van der Waals surface area contributed by atoms with Gasteiger partial charge in [0.25, 0.3) is 0 Å². The molecule has 6 rings (SSSR count). The van der Waals surface area contributed by atoms with E-state index in [4.69, 9.17) is 9.84 Å². The van der Waals surface area contributed by atoms with Gasteiger partial charge in [-0.05, 0) is 60.7 Å². The summed E-state index contributed by atoms with van der Waals surface area (Å²) in [6, 6.07) is 17.8. The maximum atomic E-state index is 14.4. The zero-order valence-corrected chi connectivity index (χ0v) is 27.0. The molecule has 0 bridgehead atoms. The summed E-state index contributed by atoms with van der Waals surface area (Å²) in [6.07, 6.45) is 9.24. The molecule has 3 aromatic rings. The van der Waals surface area contributed by atoms with Crippen LogP contribution < -0.4 is 10.6 Å². The van der Waals surface area contributed by atoms with Crippen LogP contribution in [0.5, 0.6) is 0 Å². The van der Waals surface area contributed by atoms with Crippen molar-refractivity contribution >= 4 is 39.4 Å². The average Bonchev–Trinajstić information content (AvgIpc) is 3.35. The number of carbonyl (C=O) groups excluding carboxylic acids is 3. The highest BCUT2D eigenvalue weighted by Crippen LogP contribution is 2.46. The second kappa shape index (κ2) is 13.6. The summed E-state index contributed by atoms with van der Waals surface area (Å²) >= 11 is 3.56. The lowest BCUT2D eigenvalue weighted by molar-refractivity contribution is -0.150. The van der Waals surface area contributed by atoms with Gasteiger partial charge in [0.2, 0.25) is 11.8 Å². The maximum absolute atomic E-state index is 14.4. The van der Waals surface area contributed by atoms with Crippen LogP contribution in [0, 0.1) is 5.92 Å². The van der Waals surface area contributed by atoms with Crippen molar-refractivity contribution in [1.82, 2.24) is 25.2 Å². The number of hydrogen-bond acceptors (Lipinski definition) is 7. The fraction of sp³-hybridized carbons (Fsp3) is 0.441. The molecule has 2 aromatic carbocycles. The number of para-hydroxylation sites is 1. The van der Waals surface area contributed by atoms with E-state index in [0.717, 1.165) is 36.9 Å². The van der Waals surface area contributed by atoms with Crippen molar-refractivity contribution in [3.8, 4) is 11.3 Å². The summed E-state index contributed by atoms with van der Waals surface area (Å²) in [5.74, 6) is -1.09. The van der Waals surface area contributed by atoms with E-state index in [1.165, 1.54) is 0 Å². The van der Waals surface area contributed by atoms with Crippen molar-refractivity contribution < 1.29 is 19.1 Å². The largest absolute Gasteiger partial charge is 0.464 e. The third-order valence-corrected chi connectivity index (χ3v) is 9.51. The van der Waals surface area contributed by atoms with Gasteiger partial charge in [0.05, 0.1) is 12.6 Å². The number of nitrogens with zero attached hydrogens (tertiary/aromatic N) is 4. The van der Waals surface area contributed by atoms with Crippen molar-refractivity contribution in [1.29, 1.82) is 0 Å². The zero-order chi connectivity index (χ0) is 31.4. The van der Waals surface area contributed by atoms with Gasteiger partial charge < -0.3 is 20.3 Å². The fourth-order valence-corrected chi connectivity index (χ4v) is 6.94. The van der Waals surface area contributed by atoms with Crippen LogP contribution in [-0.2, 0) is 19.1 Å². The highest BCUT2D eigenvalue weighted by Gasteiger charge is 2.62. The fourth-order valence-electron chi connectivity index (χ4n) is 6.47. The number of esters is 1. The van der Waals surface area contributed by atoms with Crippen LogP contribution in [0.1, 0.15) is 57.9 Å². The summed E-state index contributed by atoms with van der Waals surface area (Å²) in [5, 5.41) is 15.9. The molecule has 1 aliphatic carbocycles. The minimum atomic E-state index is -1.12. The Morgan fingerprint density at radius 2 is 1.82 bits per heavy atom. The maximum Gasteiger partial charge on any atom is 0.332 e. The molecule has 3 heterocycles. The zero-order valence-electron chi connectivity index (χ0n) is 25.4. The quantitative estimate of drug-likeness (QED) is 0.270. The molecule has 2 aliphatic heterocycles. The lowest BCUT2D eigenvalue weighted by atomic mass is 10.0. The van der Waals surface area contributed by atoms with Gasteiger partial charge in [0.1, 0.15) is 23.3 Å². The van der Waals surface area contributed by atoms with Crippen LogP contribution in [0.15, 0.2) is 77.4 Å². The number of rotatable bonds is 6. The Kier molecular flexibility index (Phi) is 9.34. The number of amides is 2. The van der Waals surface area contributed by atoms with E-state index in [2.05, 4.69) is 37.7 Å². The molecule has 0 radical (unpaired) electrons. The minimum Gasteiger partial charge on any atom is -0.464 e. The molecule has 2 N–H and O–H groups in total. The SMILES string of the molecule is CCOC(=O)[C@@]12C[C@H]1/C=C\CCCCC[C@H](Nc1ccccc1)C(=O)N1C[C@H](n3nc(Br)c(-c4ccccc4)n3)C[C@H]1C(=O)N2. The van der Waals surface area contributed by atoms with Crippen LogP contribution in [0.4, 0.5) is 5.69 Å². The van der Waals surface area contributed by atoms with Crippen LogP contribution >= 0.6 is 15.9 Å². The summed E-state index contributed by atoms with van der Waals surface area (Å²) in [4.78, 5) is 45.0. The predicted molar refractivity (Wildman–Crippen MR) is 174 cm³/mol. The molecule has 2 amide bonds. The second-order valence-corrected chi connectivity index (χ2v) is 12.8. The topological polar surface area (TPSA) is 118 Å². The van der Waals surface area contributed by atoms with E-state index in [0.29, 0.717) is 29.6 Å². The van der Waals surface area contributed by atoms with Gasteiger partial charge in [-0.2, -0.15) is 9.90 Å². The first-order valence-corrected chi connectivity index (χ1v) is 16.6. The number of nitrogens with one attached hydrogen (secondary N) is 2. The predicted octanol–water partition coefficient (Wildman–Crippen LogP) is 5.29. The van der Waals surface area contributed by atoms with Gasteiger partial charge in [-0.3, -0.25) is 9.59 Å². The summed E-state index contributed by atoms with van der Waals surface area (Å²) in [6.45, 7) is 2.24. The molecule has 45 heavy (non-hydrogen) atoms. The van der Waals surface area contributed by atoms with E-state index < -0.39 is 23.6 Å². The van der Waals surface area contributed by atoms with Crippen LogP contribution in [-0.4, -0.2) is 68.5 Å². The third-order valence-electron chi connectivity index (χ3n) is 8.97. The lowest BCUT2D eigenvalue weighted by Crippen LogP contribution is -2.55. The second-order valence-electron chi connectivity index (χ2n) is 12.0. The van der Waals surface area contributed by atoms with E-state index in [9.17, 15) is 14.4 Å². The van der Waals surface area contributed by atoms with Crippen molar-refractivity contribution in [3.05, 3.63) is 77.4 Å². The number of fused-ring (bicyclic) bond motifs is 2. The number of allylic oxidation sites excluding steroid dienone is 1. The Labute approximate surface area is 271 Å². The van der Waals surface area contributed by atoms with E-state index in [1.54, 1.807) is 16.6 Å². The number of anilines is 1. The standard InChI is InChI=1S/C34H39BrN6O4/c1-2-45-33(44)34-21-24(34)16-10-4-3-5-13-19-27(36-25-17-11-7-12-18-25)32(43)40-22-26(20-28(40)31(42)37-34)41-38-29(30(35)39-41)23-14-8-6-9-15-23/h6-12,14-18,24,26-28,36H,2-5,13,19-22H2,1H3,(H,37,42)/b16-10-/t24-,26-,27+,28+,34-/m1/s1. The van der Waals surface area contributed by atoms with Crippen molar-refractivity contribution in [2.45, 2.75) is 75.5 Å². The molecule has 3 aliphatic rings. The van der Waals surface area contributed by atoms with Crippen LogP contribution in [0.2, 0.25) is 0 Å². The number of ether oxygens (including phenoxy) is 1. The summed E-state index contributed by atoms with van der Waals surface area (Å²) < 4.78 is 6.01. The minimum absolute atomic E-state index is 0.142. The average molecular weight is 676 g/mol. The van der Waals surface area contributed by atoms with Gasteiger partial charge in [-0.1, -0.05) is 73.5 Å². The number of benzene rings is 2. The molecule has 1 saturated heterocycles. The number of hydrogen-bond donors (Lipinski definition) is 2. The number of carbonyl (C=O) groups is 3. The molecule has 2 fully saturated rings. The van der Waals surface area contributed by atoms with E-state index >= 15 is 0 Å². The Morgan fingerprint density at radius 3 is 2.58 bits per heavy atom. The van der Waals surface area contributed by atoms with Crippen LogP contribution in [0.3, 0.4) is 0 Å². The highest BCUT2D eigenvalue weighted by molar-refractivity contribution is 9.10. The third kappa shape index (κ3) is 6.68. The Balaban J connectivity index is 1.33. The van der Waals surface area contributed by atoms with Gasteiger partial charge in [-0.25, -0.2) is 4.79 Å². The van der Waals surface area contributed by atoms with Gasteiger partial charge >= 0.3 is 5.97 Å². The van der Waals surface area contributed by atoms with Gasteiger partial charge in [0, 0.05) is 30.1 Å². The first-order chi connectivity index (χ1) is 21.9. The normalized spacial score (nSPS) is 27.7. The Hall–Kier alpha value is -3.99. The van der Waals surface area contributed by atoms with Crippen LogP contribution in [0.25, 0.3) is 11.3 Å². The molecule has 0 unspecified atom stereocenters. The highest BCUT2D eigenvalue weighted by atomic mass is 79.9. The molecule has 1 saturated carbocycles. The molecule has 236 valence electrons. The molecule has 0 spiro atoms. The Bertz CT molecular complexity index is 1550. The monoisotopic (exact) mass is 674 g/mol. The molecular weight excluding hydrogens is 636 g/mol. The first kappa shape index (κ1) is 31.0. The number of halogens is 1. The number of aromatic nitrogens is 3. The van der Waals surface area contributed by atoms with Crippen molar-refractivity contribution in [2.75, 3.05) is 18.5 Å². The Morgan fingerprint density at radius 1 is 1.07 bits per heavy atom. The summed E-state index contributed by atoms with van der Waals surface area (Å²) in [7, 11) is 0. The molecule has 1 aromatic heterocycles. The van der Waals surface area contributed by atoms with E-state index in [-0.39, 0.29) is 36.9 Å². The van der Waals surface area contributed by atoms with Crippen molar-refractivity contribution in [3.63, 3.8) is 0 Å².